The smallest absolute Gasteiger partial charge is 0.306 e. The first-order chi connectivity index (χ1) is 11.6. The maximum Gasteiger partial charge on any atom is 0.306 e. The average molecular weight is 328 g/mol. The number of aliphatic carboxylic acids is 1. The number of carbonyl (C=O) groups excluding carboxylic acids is 1. The molecule has 1 aliphatic heterocycles. The van der Waals surface area contributed by atoms with Crippen LogP contribution in [0.4, 0.5) is 0 Å². The van der Waals surface area contributed by atoms with E-state index in [1.807, 2.05) is 30.5 Å². The van der Waals surface area contributed by atoms with Crippen molar-refractivity contribution in [1.29, 1.82) is 0 Å². The molecule has 5 nitrogen and oxygen atoms in total. The van der Waals surface area contributed by atoms with Crippen molar-refractivity contribution >= 4 is 22.7 Å². The molecule has 5 heteroatoms. The number of Topliss-reactive ketones (excluding diaryl/α,β-unsaturated/α-hetero) is 1. The van der Waals surface area contributed by atoms with E-state index < -0.39 is 5.97 Å². The van der Waals surface area contributed by atoms with Gasteiger partial charge in [0.2, 0.25) is 0 Å². The Morgan fingerprint density at radius 2 is 1.92 bits per heavy atom. The van der Waals surface area contributed by atoms with Crippen LogP contribution in [0.2, 0.25) is 0 Å². The molecule has 0 bridgehead atoms. The summed E-state index contributed by atoms with van der Waals surface area (Å²) in [6.45, 7) is 5.16. The second-order valence-corrected chi connectivity index (χ2v) is 6.47. The number of carbonyl (C=O) groups is 2. The van der Waals surface area contributed by atoms with Gasteiger partial charge in [0, 0.05) is 42.2 Å². The van der Waals surface area contributed by atoms with Crippen molar-refractivity contribution in [2.45, 2.75) is 32.7 Å². The van der Waals surface area contributed by atoms with E-state index in [1.165, 1.54) is 0 Å². The molecule has 0 radical (unpaired) electrons. The number of aromatic nitrogens is 1. The fourth-order valence-electron chi connectivity index (χ4n) is 3.53. The molecular weight excluding hydrogens is 304 g/mol. The maximum absolute atomic E-state index is 12.7. The minimum Gasteiger partial charge on any atom is -0.481 e. The van der Waals surface area contributed by atoms with Crippen LogP contribution in [0, 0.1) is 5.92 Å². The Morgan fingerprint density at radius 3 is 2.58 bits per heavy atom. The Hall–Kier alpha value is -2.14. The molecule has 2 aromatic rings. The molecule has 1 saturated heterocycles. The highest BCUT2D eigenvalue weighted by Crippen LogP contribution is 2.23. The number of fused-ring (bicyclic) bond motifs is 1. The van der Waals surface area contributed by atoms with Gasteiger partial charge in [-0.3, -0.25) is 9.59 Å². The Labute approximate surface area is 141 Å². The van der Waals surface area contributed by atoms with Gasteiger partial charge >= 0.3 is 5.97 Å². The van der Waals surface area contributed by atoms with Gasteiger partial charge in [0.1, 0.15) is 0 Å². The molecule has 1 N–H and O–H groups in total. The van der Waals surface area contributed by atoms with Crippen LogP contribution >= 0.6 is 0 Å². The first-order valence-electron chi connectivity index (χ1n) is 8.66. The molecule has 0 saturated carbocycles. The summed E-state index contributed by atoms with van der Waals surface area (Å²) >= 11 is 0. The Morgan fingerprint density at radius 1 is 1.21 bits per heavy atom. The predicted molar refractivity (Wildman–Crippen MR) is 93.4 cm³/mol. The maximum atomic E-state index is 12.7. The number of piperidine rings is 1. The van der Waals surface area contributed by atoms with Crippen molar-refractivity contribution < 1.29 is 14.7 Å². The molecule has 1 aromatic heterocycles. The second kappa shape index (κ2) is 7.18. The molecule has 24 heavy (non-hydrogen) atoms. The van der Waals surface area contributed by atoms with Crippen LogP contribution in [0.25, 0.3) is 10.9 Å². The van der Waals surface area contributed by atoms with Gasteiger partial charge in [0.25, 0.3) is 0 Å². The zero-order valence-corrected chi connectivity index (χ0v) is 14.1. The lowest BCUT2D eigenvalue weighted by molar-refractivity contribution is -0.143. The molecule has 128 valence electrons. The number of carboxylic acid groups (broad SMARTS) is 1. The largest absolute Gasteiger partial charge is 0.481 e. The number of carboxylic acids is 1. The fourth-order valence-corrected chi connectivity index (χ4v) is 3.53. The summed E-state index contributed by atoms with van der Waals surface area (Å²) in [5.41, 5.74) is 1.90. The third-order valence-corrected chi connectivity index (χ3v) is 5.02. The van der Waals surface area contributed by atoms with Gasteiger partial charge in [-0.05, 0) is 38.9 Å². The number of benzene rings is 1. The summed E-state index contributed by atoms with van der Waals surface area (Å²) in [7, 11) is 0. The van der Waals surface area contributed by atoms with Gasteiger partial charge in [-0.25, -0.2) is 0 Å². The number of hydrogen-bond acceptors (Lipinski definition) is 3. The lowest BCUT2D eigenvalue weighted by Gasteiger charge is -2.29. The quantitative estimate of drug-likeness (QED) is 0.828. The fraction of sp³-hybridized carbons (Fsp3) is 0.474. The molecule has 3 rings (SSSR count). The molecule has 0 amide bonds. The van der Waals surface area contributed by atoms with Crippen molar-refractivity contribution in [3.63, 3.8) is 0 Å². The van der Waals surface area contributed by atoms with E-state index in [-0.39, 0.29) is 11.7 Å². The standard InChI is InChI=1S/C19H24N2O3/c1-2-21-13-16(15-5-3-4-6-17(15)21)18(22)9-12-20-10-7-14(8-11-20)19(23)24/h3-6,13-14H,2,7-12H2,1H3,(H,23,24). The van der Waals surface area contributed by atoms with Crippen LogP contribution in [0.15, 0.2) is 30.5 Å². The van der Waals surface area contributed by atoms with Crippen molar-refractivity contribution in [3.8, 4) is 0 Å². The van der Waals surface area contributed by atoms with Gasteiger partial charge < -0.3 is 14.6 Å². The molecule has 0 unspecified atom stereocenters. The molecular formula is C19H24N2O3. The van der Waals surface area contributed by atoms with Crippen LogP contribution < -0.4 is 0 Å². The molecule has 0 aliphatic carbocycles. The summed E-state index contributed by atoms with van der Waals surface area (Å²) in [6.07, 6.45) is 3.80. The Balaban J connectivity index is 1.63. The first kappa shape index (κ1) is 16.7. The second-order valence-electron chi connectivity index (χ2n) is 6.47. The Kier molecular flexibility index (Phi) is 5.00. The number of para-hydroxylation sites is 1. The van der Waals surface area contributed by atoms with Crippen LogP contribution in [-0.4, -0.2) is 46.0 Å². The average Bonchev–Trinajstić information content (AvgIpc) is 2.99. The van der Waals surface area contributed by atoms with Gasteiger partial charge in [-0.2, -0.15) is 0 Å². The molecule has 1 aromatic carbocycles. The van der Waals surface area contributed by atoms with E-state index in [2.05, 4.69) is 16.4 Å². The summed E-state index contributed by atoms with van der Waals surface area (Å²) in [5.74, 6) is -0.753. The summed E-state index contributed by atoms with van der Waals surface area (Å²) in [4.78, 5) is 25.9. The highest BCUT2D eigenvalue weighted by molar-refractivity contribution is 6.08. The lowest BCUT2D eigenvalue weighted by Crippen LogP contribution is -2.37. The van der Waals surface area contributed by atoms with E-state index in [1.54, 1.807) is 0 Å². The van der Waals surface area contributed by atoms with Crippen molar-refractivity contribution in [2.75, 3.05) is 19.6 Å². The molecule has 1 fully saturated rings. The minimum atomic E-state index is -0.696. The van der Waals surface area contributed by atoms with Crippen LogP contribution in [0.5, 0.6) is 0 Å². The van der Waals surface area contributed by atoms with Gasteiger partial charge in [0.05, 0.1) is 5.92 Å². The number of ketones is 1. The van der Waals surface area contributed by atoms with Crippen LogP contribution in [0.1, 0.15) is 36.5 Å². The third-order valence-electron chi connectivity index (χ3n) is 5.02. The number of rotatable bonds is 6. The van der Waals surface area contributed by atoms with Crippen molar-refractivity contribution in [1.82, 2.24) is 9.47 Å². The monoisotopic (exact) mass is 328 g/mol. The molecule has 2 heterocycles. The van der Waals surface area contributed by atoms with Gasteiger partial charge in [-0.15, -0.1) is 0 Å². The van der Waals surface area contributed by atoms with Crippen LogP contribution in [-0.2, 0) is 11.3 Å². The third kappa shape index (κ3) is 3.36. The van der Waals surface area contributed by atoms with Crippen molar-refractivity contribution in [3.05, 3.63) is 36.0 Å². The highest BCUT2D eigenvalue weighted by Gasteiger charge is 2.24. The topological polar surface area (TPSA) is 62.5 Å². The predicted octanol–water partition coefficient (Wildman–Crippen LogP) is 3.03. The normalized spacial score (nSPS) is 16.5. The molecule has 0 spiro atoms. The zero-order chi connectivity index (χ0) is 17.1. The number of aryl methyl sites for hydroxylation is 1. The van der Waals surface area contributed by atoms with E-state index in [0.29, 0.717) is 25.8 Å². The zero-order valence-electron chi connectivity index (χ0n) is 14.1. The number of nitrogens with zero attached hydrogens (tertiary/aromatic N) is 2. The van der Waals surface area contributed by atoms with Gasteiger partial charge in [-0.1, -0.05) is 18.2 Å². The summed E-state index contributed by atoms with van der Waals surface area (Å²) < 4.78 is 2.11. The van der Waals surface area contributed by atoms with E-state index in [9.17, 15) is 9.59 Å². The van der Waals surface area contributed by atoms with Gasteiger partial charge in [0.15, 0.2) is 5.78 Å². The van der Waals surface area contributed by atoms with E-state index in [0.717, 1.165) is 36.1 Å². The number of hydrogen-bond donors (Lipinski definition) is 1. The Bertz CT molecular complexity index is 742. The molecule has 1 aliphatic rings. The SMILES string of the molecule is CCn1cc(C(=O)CCN2CCC(C(=O)O)CC2)c2ccccc21. The van der Waals surface area contributed by atoms with E-state index in [4.69, 9.17) is 5.11 Å². The highest BCUT2D eigenvalue weighted by atomic mass is 16.4. The first-order valence-corrected chi connectivity index (χ1v) is 8.66. The molecule has 0 atom stereocenters. The van der Waals surface area contributed by atoms with Crippen molar-refractivity contribution in [2.24, 2.45) is 5.92 Å². The number of likely N-dealkylation sites (tertiary alicyclic amines) is 1. The van der Waals surface area contributed by atoms with E-state index >= 15 is 0 Å². The minimum absolute atomic E-state index is 0.166. The van der Waals surface area contributed by atoms with Crippen LogP contribution in [0.3, 0.4) is 0 Å². The summed E-state index contributed by atoms with van der Waals surface area (Å²) in [6, 6.07) is 8.02. The lowest BCUT2D eigenvalue weighted by atomic mass is 9.97. The summed E-state index contributed by atoms with van der Waals surface area (Å²) in [5, 5.41) is 10.1.